The minimum Gasteiger partial charge on any atom is -0.496 e. The lowest BCUT2D eigenvalue weighted by Gasteiger charge is -2.11. The molecule has 0 radical (unpaired) electrons. The molecule has 19 heavy (non-hydrogen) atoms. The first-order chi connectivity index (χ1) is 8.93. The third-order valence-corrected chi connectivity index (χ3v) is 2.39. The van der Waals surface area contributed by atoms with Crippen LogP contribution in [0.15, 0.2) is 18.2 Å². The molecule has 0 saturated heterocycles. The molecule has 1 rings (SSSR count). The number of aromatic carboxylic acids is 1. The van der Waals surface area contributed by atoms with Crippen LogP contribution in [-0.4, -0.2) is 36.7 Å². The van der Waals surface area contributed by atoms with Crippen LogP contribution in [0.25, 0.3) is 0 Å². The Labute approximate surface area is 111 Å². The van der Waals surface area contributed by atoms with Crippen molar-refractivity contribution in [2.75, 3.05) is 19.0 Å². The Bertz CT molecular complexity index is 472. The van der Waals surface area contributed by atoms with Gasteiger partial charge in [-0.05, 0) is 12.1 Å². The van der Waals surface area contributed by atoms with Gasteiger partial charge in [0.1, 0.15) is 11.3 Å². The van der Waals surface area contributed by atoms with Gasteiger partial charge in [-0.15, -0.1) is 0 Å². The summed E-state index contributed by atoms with van der Waals surface area (Å²) in [5.41, 5.74) is 0.554. The second-order valence-electron chi connectivity index (χ2n) is 4.30. The molecule has 1 amide bonds. The highest BCUT2D eigenvalue weighted by Gasteiger charge is 2.12. The van der Waals surface area contributed by atoms with Crippen molar-refractivity contribution in [1.29, 1.82) is 0 Å². The Balaban J connectivity index is 2.74. The van der Waals surface area contributed by atoms with Crippen LogP contribution in [0.2, 0.25) is 0 Å². The van der Waals surface area contributed by atoms with Gasteiger partial charge in [0.2, 0.25) is 5.91 Å². The number of methoxy groups -OCH3 is 1. The van der Waals surface area contributed by atoms with Crippen molar-refractivity contribution in [2.24, 2.45) is 0 Å². The molecule has 104 valence electrons. The van der Waals surface area contributed by atoms with Crippen LogP contribution in [-0.2, 0) is 4.79 Å². The Morgan fingerprint density at radius 3 is 2.58 bits per heavy atom. The highest BCUT2D eigenvalue weighted by molar-refractivity contribution is 5.95. The maximum absolute atomic E-state index is 11.6. The van der Waals surface area contributed by atoms with Crippen molar-refractivity contribution in [3.63, 3.8) is 0 Å². The van der Waals surface area contributed by atoms with Crippen LogP contribution in [0.3, 0.4) is 0 Å². The summed E-state index contributed by atoms with van der Waals surface area (Å²) in [6.07, 6.45) is 0. The van der Waals surface area contributed by atoms with Crippen molar-refractivity contribution in [2.45, 2.75) is 19.9 Å². The standard InChI is InChI=1S/C13H18N2O4/c1-8(2)14-7-12(16)15-9-4-5-10(13(17)18)11(6-9)19-3/h4-6,8,14H,7H2,1-3H3,(H,15,16)(H,17,18). The number of benzene rings is 1. The number of nitrogens with one attached hydrogen (secondary N) is 2. The first kappa shape index (κ1) is 15.0. The van der Waals surface area contributed by atoms with E-state index in [2.05, 4.69) is 10.6 Å². The van der Waals surface area contributed by atoms with Gasteiger partial charge >= 0.3 is 5.97 Å². The predicted molar refractivity (Wildman–Crippen MR) is 71.7 cm³/mol. The molecule has 0 spiro atoms. The SMILES string of the molecule is COc1cc(NC(=O)CNC(C)C)ccc1C(=O)O. The fraction of sp³-hybridized carbons (Fsp3) is 0.385. The quantitative estimate of drug-likeness (QED) is 0.723. The van der Waals surface area contributed by atoms with Gasteiger partial charge in [0.25, 0.3) is 0 Å². The van der Waals surface area contributed by atoms with Crippen LogP contribution < -0.4 is 15.4 Å². The van der Waals surface area contributed by atoms with Gasteiger partial charge in [-0.2, -0.15) is 0 Å². The van der Waals surface area contributed by atoms with E-state index in [0.29, 0.717) is 5.69 Å². The molecular formula is C13H18N2O4. The monoisotopic (exact) mass is 266 g/mol. The molecule has 0 aliphatic heterocycles. The molecule has 6 nitrogen and oxygen atoms in total. The van der Waals surface area contributed by atoms with Gasteiger partial charge in [0.05, 0.1) is 13.7 Å². The van der Waals surface area contributed by atoms with Crippen molar-refractivity contribution in [3.8, 4) is 5.75 Å². The second kappa shape index (κ2) is 6.75. The third-order valence-electron chi connectivity index (χ3n) is 2.39. The van der Waals surface area contributed by atoms with Gasteiger partial charge in [0.15, 0.2) is 0 Å². The molecule has 0 heterocycles. The first-order valence-corrected chi connectivity index (χ1v) is 5.88. The smallest absolute Gasteiger partial charge is 0.339 e. The van der Waals surface area contributed by atoms with E-state index < -0.39 is 5.97 Å². The number of carboxylic acids is 1. The summed E-state index contributed by atoms with van der Waals surface area (Å²) < 4.78 is 4.98. The van der Waals surface area contributed by atoms with Crippen LogP contribution >= 0.6 is 0 Å². The van der Waals surface area contributed by atoms with Gasteiger partial charge in [0, 0.05) is 17.8 Å². The number of hydrogen-bond donors (Lipinski definition) is 3. The first-order valence-electron chi connectivity index (χ1n) is 5.88. The normalized spacial score (nSPS) is 10.3. The fourth-order valence-electron chi connectivity index (χ4n) is 1.45. The number of ether oxygens (including phenoxy) is 1. The molecular weight excluding hydrogens is 248 g/mol. The molecule has 0 unspecified atom stereocenters. The number of carboxylic acid groups (broad SMARTS) is 1. The number of anilines is 1. The maximum atomic E-state index is 11.6. The highest BCUT2D eigenvalue weighted by Crippen LogP contribution is 2.23. The fourth-order valence-corrected chi connectivity index (χ4v) is 1.45. The number of amides is 1. The highest BCUT2D eigenvalue weighted by atomic mass is 16.5. The van der Waals surface area contributed by atoms with Gasteiger partial charge in [-0.1, -0.05) is 13.8 Å². The van der Waals surface area contributed by atoms with E-state index >= 15 is 0 Å². The number of hydrogen-bond acceptors (Lipinski definition) is 4. The van der Waals surface area contributed by atoms with Crippen molar-refractivity contribution >= 4 is 17.6 Å². The second-order valence-corrected chi connectivity index (χ2v) is 4.30. The molecule has 6 heteroatoms. The van der Waals surface area contributed by atoms with Crippen LogP contribution in [0.1, 0.15) is 24.2 Å². The summed E-state index contributed by atoms with van der Waals surface area (Å²) in [6.45, 7) is 4.08. The number of rotatable bonds is 6. The van der Waals surface area contributed by atoms with Gasteiger partial charge < -0.3 is 20.5 Å². The predicted octanol–water partition coefficient (Wildman–Crippen LogP) is 1.33. The summed E-state index contributed by atoms with van der Waals surface area (Å²) in [6, 6.07) is 4.62. The molecule has 3 N–H and O–H groups in total. The Morgan fingerprint density at radius 1 is 1.37 bits per heavy atom. The zero-order chi connectivity index (χ0) is 14.4. The van der Waals surface area contributed by atoms with Gasteiger partial charge in [-0.25, -0.2) is 4.79 Å². The zero-order valence-electron chi connectivity index (χ0n) is 11.2. The van der Waals surface area contributed by atoms with E-state index in [-0.39, 0.29) is 29.8 Å². The lowest BCUT2D eigenvalue weighted by molar-refractivity contribution is -0.115. The Kier molecular flexibility index (Phi) is 5.32. The molecule has 1 aromatic carbocycles. The molecule has 1 aromatic rings. The summed E-state index contributed by atoms with van der Waals surface area (Å²) >= 11 is 0. The molecule has 0 atom stereocenters. The lowest BCUT2D eigenvalue weighted by Crippen LogP contribution is -2.32. The zero-order valence-corrected chi connectivity index (χ0v) is 11.2. The van der Waals surface area contributed by atoms with Crippen molar-refractivity contribution in [3.05, 3.63) is 23.8 Å². The third kappa shape index (κ3) is 4.59. The molecule has 0 aliphatic rings. The van der Waals surface area contributed by atoms with Crippen LogP contribution in [0.4, 0.5) is 5.69 Å². The average Bonchev–Trinajstić information content (AvgIpc) is 2.35. The van der Waals surface area contributed by atoms with E-state index in [4.69, 9.17) is 9.84 Å². The minimum absolute atomic E-state index is 0.0563. The van der Waals surface area contributed by atoms with E-state index in [1.165, 1.54) is 25.3 Å². The van der Waals surface area contributed by atoms with E-state index in [1.54, 1.807) is 0 Å². The summed E-state index contributed by atoms with van der Waals surface area (Å²) in [5.74, 6) is -1.06. The number of carbonyl (C=O) groups excluding carboxylic acids is 1. The molecule has 0 saturated carbocycles. The molecule has 0 aromatic heterocycles. The van der Waals surface area contributed by atoms with Crippen LogP contribution in [0, 0.1) is 0 Å². The Morgan fingerprint density at radius 2 is 2.05 bits per heavy atom. The summed E-state index contributed by atoms with van der Waals surface area (Å²) in [4.78, 5) is 22.5. The van der Waals surface area contributed by atoms with E-state index in [0.717, 1.165) is 0 Å². The van der Waals surface area contributed by atoms with E-state index in [9.17, 15) is 9.59 Å². The van der Waals surface area contributed by atoms with Crippen molar-refractivity contribution < 1.29 is 19.4 Å². The Hall–Kier alpha value is -2.08. The lowest BCUT2D eigenvalue weighted by atomic mass is 10.2. The average molecular weight is 266 g/mol. The van der Waals surface area contributed by atoms with Crippen molar-refractivity contribution in [1.82, 2.24) is 5.32 Å². The van der Waals surface area contributed by atoms with Crippen LogP contribution in [0.5, 0.6) is 5.75 Å². The molecule has 0 fully saturated rings. The summed E-state index contributed by atoms with van der Waals surface area (Å²) in [7, 11) is 1.38. The molecule has 0 bridgehead atoms. The molecule has 0 aliphatic carbocycles. The summed E-state index contributed by atoms with van der Waals surface area (Å²) in [5, 5.41) is 14.6. The number of carbonyl (C=O) groups is 2. The topological polar surface area (TPSA) is 87.7 Å². The van der Waals surface area contributed by atoms with Gasteiger partial charge in [-0.3, -0.25) is 4.79 Å². The van der Waals surface area contributed by atoms with E-state index in [1.807, 2.05) is 13.8 Å². The maximum Gasteiger partial charge on any atom is 0.339 e. The largest absolute Gasteiger partial charge is 0.496 e. The minimum atomic E-state index is -1.07.